The average Bonchev–Trinajstić information content (AvgIpc) is 4.12. The average molecular weight is 842 g/mol. The van der Waals surface area contributed by atoms with Crippen LogP contribution in [0.5, 0.6) is 0 Å². The Hall–Kier alpha value is -9.12. The van der Waals surface area contributed by atoms with E-state index in [0.29, 0.717) is 23.3 Å². The highest BCUT2D eigenvalue weighted by molar-refractivity contribution is 6.23. The number of hydrogen-bond donors (Lipinski definition) is 0. The Morgan fingerprint density at radius 3 is 1.53 bits per heavy atom. The molecule has 0 bridgehead atoms. The lowest BCUT2D eigenvalue weighted by atomic mass is 9.88. The van der Waals surface area contributed by atoms with Gasteiger partial charge >= 0.3 is 0 Å². The maximum atomic E-state index is 9.83. The largest absolute Gasteiger partial charge is 0.307 e. The van der Waals surface area contributed by atoms with Crippen LogP contribution >= 0.6 is 0 Å². The Morgan fingerprint density at radius 1 is 0.394 bits per heavy atom. The van der Waals surface area contributed by atoms with Gasteiger partial charge in [-0.15, -0.1) is 0 Å². The first-order valence-electron chi connectivity index (χ1n) is 22.2. The quantitative estimate of drug-likeness (QED) is 0.173. The van der Waals surface area contributed by atoms with Crippen LogP contribution in [0, 0.1) is 11.3 Å². The zero-order valence-electron chi connectivity index (χ0n) is 35.3. The molecule has 1 aliphatic rings. The van der Waals surface area contributed by atoms with Crippen molar-refractivity contribution in [1.29, 1.82) is 5.26 Å². The van der Waals surface area contributed by atoms with E-state index in [4.69, 9.17) is 15.0 Å². The summed E-state index contributed by atoms with van der Waals surface area (Å²) in [6.07, 6.45) is 0. The van der Waals surface area contributed by atoms with Crippen molar-refractivity contribution in [2.45, 2.75) is 5.92 Å². The number of para-hydroxylation sites is 4. The third-order valence-electron chi connectivity index (χ3n) is 13.6. The van der Waals surface area contributed by atoms with Gasteiger partial charge in [0.2, 0.25) is 11.9 Å². The van der Waals surface area contributed by atoms with Crippen molar-refractivity contribution < 1.29 is 0 Å². The van der Waals surface area contributed by atoms with E-state index in [1.165, 1.54) is 27.8 Å². The Balaban J connectivity index is 1.15. The van der Waals surface area contributed by atoms with E-state index in [-0.39, 0.29) is 5.92 Å². The van der Waals surface area contributed by atoms with E-state index in [0.717, 1.165) is 76.7 Å². The molecule has 306 valence electrons. The fraction of sp³-hybridized carbons (Fsp3) is 0.0169. The molecule has 0 amide bonds. The minimum absolute atomic E-state index is 0.0195. The predicted molar refractivity (Wildman–Crippen MR) is 266 cm³/mol. The fourth-order valence-corrected chi connectivity index (χ4v) is 10.9. The SMILES string of the molecule is N#Cc1ccc(-c2nc(-n3c4ccccc4c4ccc5c(c43)C(c3ccccc3)c3ccccc3-5)nc(-n3c4ccccc4c4ccc5c6ccccc6n(-c6ccccc6)c5c43)n2)cc1. The molecule has 0 N–H and O–H groups in total. The topological polar surface area (TPSA) is 77.2 Å². The Bertz CT molecular complexity index is 4170. The summed E-state index contributed by atoms with van der Waals surface area (Å²) < 4.78 is 6.89. The smallest absolute Gasteiger partial charge is 0.240 e. The van der Waals surface area contributed by atoms with Crippen LogP contribution in [0.2, 0.25) is 0 Å². The summed E-state index contributed by atoms with van der Waals surface area (Å²) in [6, 6.07) is 74.9. The predicted octanol–water partition coefficient (Wildman–Crippen LogP) is 13.9. The van der Waals surface area contributed by atoms with Gasteiger partial charge in [0.25, 0.3) is 0 Å². The van der Waals surface area contributed by atoms with Gasteiger partial charge in [-0.2, -0.15) is 20.2 Å². The minimum Gasteiger partial charge on any atom is -0.307 e. The number of hydrogen-bond acceptors (Lipinski definition) is 4. The van der Waals surface area contributed by atoms with E-state index in [1.807, 2.05) is 24.3 Å². The highest BCUT2D eigenvalue weighted by Crippen LogP contribution is 2.52. The maximum Gasteiger partial charge on any atom is 0.240 e. The second kappa shape index (κ2) is 13.9. The molecule has 7 nitrogen and oxygen atoms in total. The number of nitrogens with zero attached hydrogens (tertiary/aromatic N) is 7. The normalized spacial score (nSPS) is 13.3. The van der Waals surface area contributed by atoms with Crippen molar-refractivity contribution >= 4 is 65.4 Å². The minimum atomic E-state index is -0.0195. The second-order valence-electron chi connectivity index (χ2n) is 17.1. The van der Waals surface area contributed by atoms with Gasteiger partial charge in [-0.25, -0.2) is 0 Å². The van der Waals surface area contributed by atoms with Gasteiger partial charge in [-0.1, -0.05) is 152 Å². The van der Waals surface area contributed by atoms with Crippen LogP contribution in [0.1, 0.15) is 28.2 Å². The standard InChI is InChI=1S/C59H35N7/c60-35-36-27-29-38(30-28-36)57-61-58(65-50-25-13-10-20-41(50)46-32-31-45-40-19-7-8-23-44(40)52(53(45)54(46)65)37-15-3-1-4-16-37)63-59(62-57)66-51-26-14-11-22-43(51)48-34-33-47-42-21-9-12-24-49(42)64(55(47)56(48)66)39-17-5-2-6-18-39/h1-34,52H. The molecule has 7 heteroatoms. The lowest BCUT2D eigenvalue weighted by molar-refractivity contribution is 0.889. The van der Waals surface area contributed by atoms with E-state index < -0.39 is 0 Å². The molecule has 4 aromatic heterocycles. The highest BCUT2D eigenvalue weighted by atomic mass is 15.3. The van der Waals surface area contributed by atoms with Gasteiger partial charge in [0.15, 0.2) is 5.82 Å². The van der Waals surface area contributed by atoms with Gasteiger partial charge in [-0.3, -0.25) is 9.13 Å². The molecule has 13 aromatic rings. The van der Waals surface area contributed by atoms with Crippen LogP contribution in [0.25, 0.3) is 106 Å². The van der Waals surface area contributed by atoms with Gasteiger partial charge in [0.05, 0.1) is 44.7 Å². The summed E-state index contributed by atoms with van der Waals surface area (Å²) in [7, 11) is 0. The molecule has 0 saturated heterocycles. The zero-order chi connectivity index (χ0) is 43.5. The number of benzene rings is 9. The Labute approximate surface area is 378 Å². The Kier molecular flexibility index (Phi) is 7.68. The third-order valence-corrected chi connectivity index (χ3v) is 13.6. The van der Waals surface area contributed by atoms with Crippen molar-refractivity contribution in [2.75, 3.05) is 0 Å². The van der Waals surface area contributed by atoms with E-state index in [1.54, 1.807) is 0 Å². The highest BCUT2D eigenvalue weighted by Gasteiger charge is 2.34. The molecule has 0 fully saturated rings. The van der Waals surface area contributed by atoms with Crippen LogP contribution in [0.4, 0.5) is 0 Å². The summed E-state index contributed by atoms with van der Waals surface area (Å²) in [5, 5.41) is 16.6. The van der Waals surface area contributed by atoms with Gasteiger partial charge in [0, 0.05) is 49.5 Å². The number of nitriles is 1. The summed E-state index contributed by atoms with van der Waals surface area (Å²) in [4.78, 5) is 16.5. The lowest BCUT2D eigenvalue weighted by Gasteiger charge is -2.18. The molecule has 14 rings (SSSR count). The van der Waals surface area contributed by atoms with Crippen molar-refractivity contribution in [2.24, 2.45) is 0 Å². The van der Waals surface area contributed by atoms with E-state index in [2.05, 4.69) is 202 Å². The van der Waals surface area contributed by atoms with Crippen molar-refractivity contribution in [3.8, 4) is 46.2 Å². The summed E-state index contributed by atoms with van der Waals surface area (Å²) >= 11 is 0. The molecular weight excluding hydrogens is 807 g/mol. The summed E-state index contributed by atoms with van der Waals surface area (Å²) in [6.45, 7) is 0. The van der Waals surface area contributed by atoms with Crippen molar-refractivity contribution in [3.05, 3.63) is 229 Å². The third kappa shape index (κ3) is 5.09. The molecule has 0 saturated carbocycles. The number of aromatic nitrogens is 6. The van der Waals surface area contributed by atoms with Crippen LogP contribution in [0.15, 0.2) is 206 Å². The molecule has 1 unspecified atom stereocenters. The molecule has 0 aliphatic heterocycles. The molecule has 0 spiro atoms. The van der Waals surface area contributed by atoms with Crippen LogP contribution in [-0.2, 0) is 0 Å². The van der Waals surface area contributed by atoms with E-state index in [9.17, 15) is 5.26 Å². The van der Waals surface area contributed by atoms with Crippen molar-refractivity contribution in [3.63, 3.8) is 0 Å². The number of fused-ring (bicyclic) bond motifs is 14. The van der Waals surface area contributed by atoms with E-state index >= 15 is 0 Å². The maximum absolute atomic E-state index is 9.83. The molecule has 4 heterocycles. The summed E-state index contributed by atoms with van der Waals surface area (Å²) in [5.41, 5.74) is 14.8. The summed E-state index contributed by atoms with van der Waals surface area (Å²) in [5.74, 6) is 1.48. The molecule has 66 heavy (non-hydrogen) atoms. The van der Waals surface area contributed by atoms with Crippen LogP contribution < -0.4 is 0 Å². The monoisotopic (exact) mass is 841 g/mol. The van der Waals surface area contributed by atoms with Gasteiger partial charge < -0.3 is 4.57 Å². The first-order chi connectivity index (χ1) is 32.7. The van der Waals surface area contributed by atoms with Crippen LogP contribution in [0.3, 0.4) is 0 Å². The Morgan fingerprint density at radius 2 is 0.894 bits per heavy atom. The molecular formula is C59H35N7. The molecule has 0 radical (unpaired) electrons. The zero-order valence-corrected chi connectivity index (χ0v) is 35.3. The van der Waals surface area contributed by atoms with Crippen LogP contribution in [-0.4, -0.2) is 28.7 Å². The van der Waals surface area contributed by atoms with Gasteiger partial charge in [-0.05, 0) is 82.4 Å². The van der Waals surface area contributed by atoms with Gasteiger partial charge in [0.1, 0.15) is 0 Å². The fourth-order valence-electron chi connectivity index (χ4n) is 10.9. The molecule has 1 aliphatic carbocycles. The number of rotatable bonds is 5. The first-order valence-corrected chi connectivity index (χ1v) is 22.2. The first kappa shape index (κ1) is 36.4. The lowest BCUT2D eigenvalue weighted by Crippen LogP contribution is -2.11. The molecule has 1 atom stereocenters. The second-order valence-corrected chi connectivity index (χ2v) is 17.1. The van der Waals surface area contributed by atoms with Crippen molar-refractivity contribution in [1.82, 2.24) is 28.7 Å². The molecule has 9 aromatic carbocycles.